The Bertz CT molecular complexity index is 305. The van der Waals surface area contributed by atoms with Crippen LogP contribution in [0.25, 0.3) is 0 Å². The number of nitrogens with one attached hydrogen (secondary N) is 2. The lowest BCUT2D eigenvalue weighted by Crippen LogP contribution is -2.48. The average molecular weight is 259 g/mol. The first-order chi connectivity index (χ1) is 7.75. The number of rotatable bonds is 6. The second kappa shape index (κ2) is 7.21. The van der Waals surface area contributed by atoms with E-state index in [4.69, 9.17) is 18.0 Å². The average Bonchev–Trinajstić information content (AvgIpc) is 2.24. The minimum absolute atomic E-state index is 0.122. The summed E-state index contributed by atoms with van der Waals surface area (Å²) >= 11 is 4.71. The molecule has 0 radical (unpaired) electrons. The summed E-state index contributed by atoms with van der Waals surface area (Å²) in [5, 5.41) is 5.30. The summed E-state index contributed by atoms with van der Waals surface area (Å²) in [6.07, 6.45) is 0. The molecule has 0 heterocycles. The molecular formula is C11H21N3O2S. The highest BCUT2D eigenvalue weighted by Gasteiger charge is 2.20. The number of nitrogens with two attached hydrogens (primary N) is 1. The van der Waals surface area contributed by atoms with Crippen molar-refractivity contribution in [3.8, 4) is 0 Å². The van der Waals surface area contributed by atoms with Crippen molar-refractivity contribution < 1.29 is 9.59 Å². The lowest BCUT2D eigenvalue weighted by Gasteiger charge is -2.17. The van der Waals surface area contributed by atoms with Crippen LogP contribution in [0.3, 0.4) is 0 Å². The van der Waals surface area contributed by atoms with Crippen molar-refractivity contribution in [2.24, 2.45) is 17.6 Å². The predicted molar refractivity (Wildman–Crippen MR) is 71.4 cm³/mol. The fraction of sp³-hybridized carbons (Fsp3) is 0.727. The molecule has 2 atom stereocenters. The van der Waals surface area contributed by atoms with E-state index in [1.54, 1.807) is 13.8 Å². The summed E-state index contributed by atoms with van der Waals surface area (Å²) in [7, 11) is 0. The molecule has 2 unspecified atom stereocenters. The van der Waals surface area contributed by atoms with Crippen LogP contribution in [-0.2, 0) is 9.59 Å². The van der Waals surface area contributed by atoms with Crippen LogP contribution in [0.1, 0.15) is 27.7 Å². The zero-order valence-corrected chi connectivity index (χ0v) is 11.6. The minimum atomic E-state index is -0.585. The van der Waals surface area contributed by atoms with Crippen LogP contribution >= 0.6 is 12.2 Å². The Morgan fingerprint density at radius 2 is 1.71 bits per heavy atom. The first-order valence-electron chi connectivity index (χ1n) is 5.63. The highest BCUT2D eigenvalue weighted by molar-refractivity contribution is 7.80. The molecule has 0 rings (SSSR count). The third-order valence-electron chi connectivity index (χ3n) is 2.26. The molecule has 2 amide bonds. The van der Waals surface area contributed by atoms with Gasteiger partial charge in [-0.25, -0.2) is 0 Å². The van der Waals surface area contributed by atoms with Gasteiger partial charge in [-0.2, -0.15) is 0 Å². The van der Waals surface area contributed by atoms with E-state index in [1.807, 2.05) is 13.8 Å². The molecule has 0 bridgehead atoms. The van der Waals surface area contributed by atoms with Crippen molar-refractivity contribution in [3.63, 3.8) is 0 Å². The van der Waals surface area contributed by atoms with E-state index >= 15 is 0 Å². The molecule has 0 aromatic heterocycles. The molecule has 98 valence electrons. The molecule has 0 saturated heterocycles. The first kappa shape index (κ1) is 15.8. The molecule has 0 fully saturated rings. The van der Waals surface area contributed by atoms with Crippen LogP contribution in [0.5, 0.6) is 0 Å². The Morgan fingerprint density at radius 1 is 1.18 bits per heavy atom. The molecule has 0 saturated carbocycles. The van der Waals surface area contributed by atoms with Gasteiger partial charge in [-0.1, -0.05) is 26.1 Å². The fourth-order valence-corrected chi connectivity index (χ4v) is 1.10. The molecule has 17 heavy (non-hydrogen) atoms. The summed E-state index contributed by atoms with van der Waals surface area (Å²) in [4.78, 5) is 23.3. The van der Waals surface area contributed by atoms with E-state index in [2.05, 4.69) is 10.6 Å². The monoisotopic (exact) mass is 259 g/mol. The maximum atomic E-state index is 11.6. The first-order valence-corrected chi connectivity index (χ1v) is 6.04. The van der Waals surface area contributed by atoms with E-state index < -0.39 is 12.0 Å². The number of carbonyl (C=O) groups is 2. The molecule has 4 N–H and O–H groups in total. The van der Waals surface area contributed by atoms with E-state index in [0.717, 1.165) is 0 Å². The van der Waals surface area contributed by atoms with Gasteiger partial charge >= 0.3 is 0 Å². The van der Waals surface area contributed by atoms with Crippen molar-refractivity contribution in [2.75, 3.05) is 6.54 Å². The highest BCUT2D eigenvalue weighted by atomic mass is 32.1. The van der Waals surface area contributed by atoms with Gasteiger partial charge < -0.3 is 16.4 Å². The quantitative estimate of drug-likeness (QED) is 0.594. The molecule has 0 aromatic carbocycles. The number of thiocarbonyl (C=S) groups is 1. The lowest BCUT2D eigenvalue weighted by atomic mass is 10.1. The number of hydrogen-bond donors (Lipinski definition) is 3. The van der Waals surface area contributed by atoms with Crippen molar-refractivity contribution in [1.82, 2.24) is 10.6 Å². The van der Waals surface area contributed by atoms with Crippen LogP contribution in [0, 0.1) is 11.8 Å². The van der Waals surface area contributed by atoms with Crippen molar-refractivity contribution in [3.05, 3.63) is 0 Å². The second-order valence-corrected chi connectivity index (χ2v) is 4.96. The Hall–Kier alpha value is -1.17. The molecule has 6 heteroatoms. The van der Waals surface area contributed by atoms with Gasteiger partial charge in [0.2, 0.25) is 11.8 Å². The Balaban J connectivity index is 4.16. The van der Waals surface area contributed by atoms with Crippen molar-refractivity contribution in [1.29, 1.82) is 0 Å². The normalized spacial score (nSPS) is 13.9. The van der Waals surface area contributed by atoms with Gasteiger partial charge in [0.05, 0.1) is 10.9 Å². The van der Waals surface area contributed by atoms with Crippen molar-refractivity contribution in [2.45, 2.75) is 33.7 Å². The summed E-state index contributed by atoms with van der Waals surface area (Å²) in [5.74, 6) is -0.727. The van der Waals surface area contributed by atoms with E-state index in [9.17, 15) is 9.59 Å². The fourth-order valence-electron chi connectivity index (χ4n) is 0.991. The maximum absolute atomic E-state index is 11.6. The van der Waals surface area contributed by atoms with Gasteiger partial charge in [0.15, 0.2) is 0 Å². The van der Waals surface area contributed by atoms with Crippen LogP contribution in [0.2, 0.25) is 0 Å². The predicted octanol–water partition coefficient (Wildman–Crippen LogP) is 0.186. The maximum Gasteiger partial charge on any atom is 0.242 e. The molecule has 0 aliphatic carbocycles. The van der Waals surface area contributed by atoms with Gasteiger partial charge in [-0.15, -0.1) is 0 Å². The van der Waals surface area contributed by atoms with E-state index in [0.29, 0.717) is 12.5 Å². The molecule has 0 aliphatic rings. The molecule has 0 aliphatic heterocycles. The summed E-state index contributed by atoms with van der Waals surface area (Å²) < 4.78 is 0. The van der Waals surface area contributed by atoms with Gasteiger partial charge in [0.1, 0.15) is 6.04 Å². The largest absolute Gasteiger partial charge is 0.393 e. The van der Waals surface area contributed by atoms with E-state index in [1.165, 1.54) is 0 Å². The van der Waals surface area contributed by atoms with Crippen molar-refractivity contribution >= 4 is 29.0 Å². The smallest absolute Gasteiger partial charge is 0.242 e. The Morgan fingerprint density at radius 3 is 2.12 bits per heavy atom. The zero-order valence-electron chi connectivity index (χ0n) is 10.7. The van der Waals surface area contributed by atoms with Crippen LogP contribution in [0.4, 0.5) is 0 Å². The second-order valence-electron chi connectivity index (χ2n) is 4.49. The van der Waals surface area contributed by atoms with E-state index in [-0.39, 0.29) is 16.8 Å². The minimum Gasteiger partial charge on any atom is -0.393 e. The third kappa shape index (κ3) is 6.21. The third-order valence-corrected chi connectivity index (χ3v) is 2.61. The molecule has 0 aromatic rings. The number of carbonyl (C=O) groups excluding carboxylic acids is 2. The van der Waals surface area contributed by atoms with Gasteiger partial charge in [0.25, 0.3) is 0 Å². The number of amides is 2. The number of hydrogen-bond acceptors (Lipinski definition) is 3. The highest BCUT2D eigenvalue weighted by Crippen LogP contribution is 1.96. The topological polar surface area (TPSA) is 84.2 Å². The Kier molecular flexibility index (Phi) is 6.72. The lowest BCUT2D eigenvalue weighted by molar-refractivity contribution is -0.129. The van der Waals surface area contributed by atoms with Gasteiger partial charge in [0, 0.05) is 6.54 Å². The van der Waals surface area contributed by atoms with Gasteiger partial charge in [-0.05, 0) is 19.8 Å². The SMILES string of the molecule is CC(C)CNC(=O)C(C)NC(=O)C(C)C(N)=S. The summed E-state index contributed by atoms with van der Waals surface area (Å²) in [6.45, 7) is 7.82. The van der Waals surface area contributed by atoms with Crippen LogP contribution < -0.4 is 16.4 Å². The summed E-state index contributed by atoms with van der Waals surface area (Å²) in [5.41, 5.74) is 5.36. The molecular weight excluding hydrogens is 238 g/mol. The Labute approximate surface area is 108 Å². The zero-order chi connectivity index (χ0) is 13.6. The van der Waals surface area contributed by atoms with Crippen LogP contribution in [0.15, 0.2) is 0 Å². The molecule has 5 nitrogen and oxygen atoms in total. The van der Waals surface area contributed by atoms with Crippen LogP contribution in [-0.4, -0.2) is 29.4 Å². The van der Waals surface area contributed by atoms with Gasteiger partial charge in [-0.3, -0.25) is 9.59 Å². The standard InChI is InChI=1S/C11H21N3O2S/c1-6(2)5-13-11(16)8(4)14-10(15)7(3)9(12)17/h6-8H,5H2,1-4H3,(H2,12,17)(H,13,16)(H,14,15). The summed E-state index contributed by atoms with van der Waals surface area (Å²) in [6, 6.07) is -0.585. The molecule has 0 spiro atoms.